The zero-order valence-electron chi connectivity index (χ0n) is 16.9. The molecular formula is C22H23FN6O2. The smallest absolute Gasteiger partial charge is 0.231 e. The number of piperazine rings is 1. The van der Waals surface area contributed by atoms with E-state index in [1.54, 1.807) is 18.2 Å². The third kappa shape index (κ3) is 4.04. The van der Waals surface area contributed by atoms with E-state index in [1.165, 1.54) is 18.0 Å². The molecular weight excluding hydrogens is 399 g/mol. The number of anilines is 4. The van der Waals surface area contributed by atoms with Crippen LogP contribution in [0.25, 0.3) is 0 Å². The first-order valence-corrected chi connectivity index (χ1v) is 10.2. The van der Waals surface area contributed by atoms with Crippen molar-refractivity contribution in [2.75, 3.05) is 48.9 Å². The molecule has 0 spiro atoms. The van der Waals surface area contributed by atoms with Gasteiger partial charge in [0.25, 0.3) is 0 Å². The fraction of sp³-hybridized carbons (Fsp3) is 0.273. The molecule has 0 saturated carbocycles. The lowest BCUT2D eigenvalue weighted by Crippen LogP contribution is -2.46. The quantitative estimate of drug-likeness (QED) is 0.649. The molecule has 0 bridgehead atoms. The molecule has 160 valence electrons. The van der Waals surface area contributed by atoms with E-state index in [0.717, 1.165) is 44.2 Å². The first-order valence-electron chi connectivity index (χ1n) is 10.2. The van der Waals surface area contributed by atoms with Gasteiger partial charge >= 0.3 is 0 Å². The number of nitrogen functional groups attached to an aromatic ring is 1. The highest BCUT2D eigenvalue weighted by molar-refractivity contribution is 5.78. The van der Waals surface area contributed by atoms with Gasteiger partial charge in [0.05, 0.1) is 5.69 Å². The maximum absolute atomic E-state index is 14.0. The summed E-state index contributed by atoms with van der Waals surface area (Å²) < 4.78 is 24.8. The van der Waals surface area contributed by atoms with E-state index in [-0.39, 0.29) is 12.6 Å². The zero-order valence-corrected chi connectivity index (χ0v) is 16.9. The second kappa shape index (κ2) is 8.27. The van der Waals surface area contributed by atoms with Crippen LogP contribution >= 0.6 is 0 Å². The van der Waals surface area contributed by atoms with E-state index in [4.69, 9.17) is 15.2 Å². The Labute approximate surface area is 179 Å². The molecule has 31 heavy (non-hydrogen) atoms. The number of nitrogens with two attached hydrogens (primary N) is 1. The molecule has 8 nitrogen and oxygen atoms in total. The van der Waals surface area contributed by atoms with Gasteiger partial charge in [0, 0.05) is 32.7 Å². The average molecular weight is 422 g/mol. The van der Waals surface area contributed by atoms with E-state index in [1.807, 2.05) is 12.1 Å². The number of benzene rings is 2. The molecule has 0 atom stereocenters. The minimum atomic E-state index is -0.362. The van der Waals surface area contributed by atoms with E-state index >= 15 is 0 Å². The SMILES string of the molecule is Nc1c(Nc2ccccc2F)ncnc1N1CCN(Cc2ccc3c(c2)OCO3)CC1. The van der Waals surface area contributed by atoms with Crippen LogP contribution in [0.1, 0.15) is 5.56 Å². The topological polar surface area (TPSA) is 88.8 Å². The Balaban J connectivity index is 1.24. The van der Waals surface area contributed by atoms with E-state index in [9.17, 15) is 4.39 Å². The number of hydrogen-bond acceptors (Lipinski definition) is 8. The molecule has 0 unspecified atom stereocenters. The van der Waals surface area contributed by atoms with Crippen molar-refractivity contribution >= 4 is 23.0 Å². The van der Waals surface area contributed by atoms with Gasteiger partial charge < -0.3 is 25.4 Å². The summed E-state index contributed by atoms with van der Waals surface area (Å²) in [6, 6.07) is 12.5. The Morgan fingerprint density at radius 2 is 1.81 bits per heavy atom. The molecule has 0 radical (unpaired) electrons. The van der Waals surface area contributed by atoms with Gasteiger partial charge in [-0.2, -0.15) is 0 Å². The predicted octanol–water partition coefficient (Wildman–Crippen LogP) is 2.99. The van der Waals surface area contributed by atoms with E-state index in [0.29, 0.717) is 23.0 Å². The third-order valence-corrected chi connectivity index (χ3v) is 5.50. The molecule has 1 aromatic heterocycles. The molecule has 5 rings (SSSR count). The standard InChI is InChI=1S/C22H23FN6O2/c23-16-3-1-2-4-17(16)27-21-20(24)22(26-13-25-21)29-9-7-28(8-10-29)12-15-5-6-18-19(11-15)31-14-30-18/h1-6,11,13H,7-10,12,14,24H2,(H,25,26,27). The summed E-state index contributed by atoms with van der Waals surface area (Å²) in [4.78, 5) is 13.1. The molecule has 0 aliphatic carbocycles. The molecule has 2 aromatic carbocycles. The lowest BCUT2D eigenvalue weighted by Gasteiger charge is -2.36. The van der Waals surface area contributed by atoms with Crippen molar-refractivity contribution < 1.29 is 13.9 Å². The van der Waals surface area contributed by atoms with Crippen molar-refractivity contribution in [3.8, 4) is 11.5 Å². The largest absolute Gasteiger partial charge is 0.454 e. The average Bonchev–Trinajstić information content (AvgIpc) is 3.25. The van der Waals surface area contributed by atoms with Crippen molar-refractivity contribution in [3.05, 3.63) is 60.2 Å². The molecule has 0 amide bonds. The first-order chi connectivity index (χ1) is 15.2. The number of nitrogens with zero attached hydrogens (tertiary/aromatic N) is 4. The molecule has 3 N–H and O–H groups in total. The molecule has 3 heterocycles. The Morgan fingerprint density at radius 1 is 1.00 bits per heavy atom. The minimum absolute atomic E-state index is 0.283. The van der Waals surface area contributed by atoms with E-state index < -0.39 is 0 Å². The number of halogens is 1. The normalized spacial score (nSPS) is 15.8. The summed E-state index contributed by atoms with van der Waals surface area (Å²) in [5, 5.41) is 2.97. The maximum Gasteiger partial charge on any atom is 0.231 e. The summed E-state index contributed by atoms with van der Waals surface area (Å²) in [5.74, 6) is 2.31. The van der Waals surface area contributed by atoms with Crippen molar-refractivity contribution in [1.29, 1.82) is 0 Å². The molecule has 2 aliphatic rings. The van der Waals surface area contributed by atoms with Crippen LogP contribution in [-0.2, 0) is 6.54 Å². The van der Waals surface area contributed by atoms with Crippen LogP contribution in [0.15, 0.2) is 48.8 Å². The second-order valence-electron chi connectivity index (χ2n) is 7.52. The molecule has 2 aliphatic heterocycles. The lowest BCUT2D eigenvalue weighted by molar-refractivity contribution is 0.174. The fourth-order valence-electron chi connectivity index (χ4n) is 3.84. The number of ether oxygens (including phenoxy) is 2. The fourth-order valence-corrected chi connectivity index (χ4v) is 3.84. The predicted molar refractivity (Wildman–Crippen MR) is 116 cm³/mol. The summed E-state index contributed by atoms with van der Waals surface area (Å²) in [6.45, 7) is 4.42. The van der Waals surface area contributed by atoms with Gasteiger partial charge in [0.15, 0.2) is 23.1 Å². The summed E-state index contributed by atoms with van der Waals surface area (Å²) in [7, 11) is 0. The van der Waals surface area contributed by atoms with Crippen LogP contribution in [0.4, 0.5) is 27.4 Å². The van der Waals surface area contributed by atoms with Gasteiger partial charge in [0.2, 0.25) is 6.79 Å². The second-order valence-corrected chi connectivity index (χ2v) is 7.52. The Bertz CT molecular complexity index is 1090. The van der Waals surface area contributed by atoms with Crippen LogP contribution in [0, 0.1) is 5.82 Å². The van der Waals surface area contributed by atoms with Crippen LogP contribution < -0.4 is 25.4 Å². The molecule has 1 saturated heterocycles. The summed E-state index contributed by atoms with van der Waals surface area (Å²) >= 11 is 0. The molecule has 3 aromatic rings. The van der Waals surface area contributed by atoms with Crippen molar-refractivity contribution in [1.82, 2.24) is 14.9 Å². The summed E-state index contributed by atoms with van der Waals surface area (Å²) in [5.41, 5.74) is 8.26. The molecule has 9 heteroatoms. The van der Waals surface area contributed by atoms with Crippen molar-refractivity contribution in [3.63, 3.8) is 0 Å². The van der Waals surface area contributed by atoms with Gasteiger partial charge in [-0.1, -0.05) is 18.2 Å². The van der Waals surface area contributed by atoms with Gasteiger partial charge in [-0.3, -0.25) is 4.90 Å². The highest BCUT2D eigenvalue weighted by Crippen LogP contribution is 2.33. The number of fused-ring (bicyclic) bond motifs is 1. The Hall–Kier alpha value is -3.59. The highest BCUT2D eigenvalue weighted by atomic mass is 19.1. The number of rotatable bonds is 5. The van der Waals surface area contributed by atoms with Gasteiger partial charge in [-0.15, -0.1) is 0 Å². The van der Waals surface area contributed by atoms with Gasteiger partial charge in [-0.05, 0) is 29.8 Å². The number of hydrogen-bond donors (Lipinski definition) is 2. The van der Waals surface area contributed by atoms with Crippen LogP contribution in [0.5, 0.6) is 11.5 Å². The van der Waals surface area contributed by atoms with Gasteiger partial charge in [-0.25, -0.2) is 14.4 Å². The van der Waals surface area contributed by atoms with E-state index in [2.05, 4.69) is 31.2 Å². The maximum atomic E-state index is 14.0. The first kappa shape index (κ1) is 19.4. The zero-order chi connectivity index (χ0) is 21.2. The lowest BCUT2D eigenvalue weighted by atomic mass is 10.1. The highest BCUT2D eigenvalue weighted by Gasteiger charge is 2.22. The number of para-hydroxylation sites is 1. The molecule has 1 fully saturated rings. The van der Waals surface area contributed by atoms with Crippen molar-refractivity contribution in [2.24, 2.45) is 0 Å². The van der Waals surface area contributed by atoms with Crippen LogP contribution in [0.2, 0.25) is 0 Å². The van der Waals surface area contributed by atoms with Crippen LogP contribution in [0.3, 0.4) is 0 Å². The Morgan fingerprint density at radius 3 is 2.65 bits per heavy atom. The number of aromatic nitrogens is 2. The number of nitrogens with one attached hydrogen (secondary N) is 1. The summed E-state index contributed by atoms with van der Waals surface area (Å²) in [6.07, 6.45) is 1.45. The van der Waals surface area contributed by atoms with Gasteiger partial charge in [0.1, 0.15) is 17.8 Å². The minimum Gasteiger partial charge on any atom is -0.454 e. The van der Waals surface area contributed by atoms with Crippen LogP contribution in [-0.4, -0.2) is 47.8 Å². The third-order valence-electron chi connectivity index (χ3n) is 5.50. The van der Waals surface area contributed by atoms with Crippen molar-refractivity contribution in [2.45, 2.75) is 6.54 Å². The monoisotopic (exact) mass is 422 g/mol. The Kier molecular flexibility index (Phi) is 5.17.